The first-order valence-corrected chi connectivity index (χ1v) is 4.52. The third-order valence-electron chi connectivity index (χ3n) is 1.56. The minimum absolute atomic E-state index is 0.0970. The fourth-order valence-electron chi connectivity index (χ4n) is 0.929. The molecule has 0 heterocycles. The molecule has 0 amide bonds. The van der Waals surface area contributed by atoms with E-state index in [9.17, 15) is 0 Å². The third kappa shape index (κ3) is 4.42. The predicted molar refractivity (Wildman–Crippen MR) is 59.1 cm³/mol. The summed E-state index contributed by atoms with van der Waals surface area (Å²) >= 11 is 0. The van der Waals surface area contributed by atoms with Crippen molar-refractivity contribution in [1.29, 1.82) is 0 Å². The first-order valence-electron chi connectivity index (χ1n) is 4.52. The van der Waals surface area contributed by atoms with Crippen molar-refractivity contribution in [3.05, 3.63) is 42.0 Å². The zero-order valence-electron chi connectivity index (χ0n) is 7.93. The molecule has 0 saturated carbocycles. The molecule has 0 spiro atoms. The summed E-state index contributed by atoms with van der Waals surface area (Å²) in [5, 5.41) is 12.3. The molecule has 1 aromatic carbocycles. The van der Waals surface area contributed by atoms with Gasteiger partial charge in [0.2, 0.25) is 0 Å². The van der Waals surface area contributed by atoms with Crippen molar-refractivity contribution in [3.8, 4) is 0 Å². The summed E-state index contributed by atoms with van der Waals surface area (Å²) < 4.78 is 0. The molecule has 0 saturated heterocycles. The van der Waals surface area contributed by atoms with Gasteiger partial charge in [-0.1, -0.05) is 36.4 Å². The number of aliphatic hydroxyl groups is 1. The lowest BCUT2D eigenvalue weighted by Gasteiger charge is -1.92. The van der Waals surface area contributed by atoms with E-state index in [1.54, 1.807) is 6.21 Å². The van der Waals surface area contributed by atoms with E-state index in [-0.39, 0.29) is 6.61 Å². The summed E-state index contributed by atoms with van der Waals surface area (Å²) in [6, 6.07) is 9.99. The van der Waals surface area contributed by atoms with Crippen LogP contribution < -0.4 is 5.43 Å². The molecule has 0 atom stereocenters. The molecule has 3 nitrogen and oxygen atoms in total. The van der Waals surface area contributed by atoms with Gasteiger partial charge in [0.25, 0.3) is 0 Å². The molecule has 1 rings (SSSR count). The molecule has 0 bridgehead atoms. The van der Waals surface area contributed by atoms with E-state index >= 15 is 0 Å². The summed E-state index contributed by atoms with van der Waals surface area (Å²) in [4.78, 5) is 0. The average Bonchev–Trinajstić information content (AvgIpc) is 2.25. The van der Waals surface area contributed by atoms with Crippen LogP contribution in [0, 0.1) is 0 Å². The number of hydrogen-bond donors (Lipinski definition) is 2. The maximum atomic E-state index is 8.45. The van der Waals surface area contributed by atoms with E-state index in [4.69, 9.17) is 5.11 Å². The van der Waals surface area contributed by atoms with E-state index in [1.165, 1.54) is 0 Å². The fourth-order valence-corrected chi connectivity index (χ4v) is 0.929. The number of aliphatic hydroxyl groups excluding tert-OH is 1. The van der Waals surface area contributed by atoms with Crippen LogP contribution in [0.5, 0.6) is 0 Å². The minimum atomic E-state index is 0.0970. The molecule has 0 fully saturated rings. The fraction of sp³-hybridized carbons (Fsp3) is 0.182. The Kier molecular flexibility index (Phi) is 5.13. The molecule has 2 N–H and O–H groups in total. The number of rotatable bonds is 5. The van der Waals surface area contributed by atoms with Gasteiger partial charge in [-0.25, -0.2) is 0 Å². The predicted octanol–water partition coefficient (Wildman–Crippen LogP) is 1.27. The summed E-state index contributed by atoms with van der Waals surface area (Å²) in [6.45, 7) is 0.579. The van der Waals surface area contributed by atoms with Crippen molar-refractivity contribution >= 4 is 12.3 Å². The Morgan fingerprint density at radius 2 is 2.07 bits per heavy atom. The lowest BCUT2D eigenvalue weighted by molar-refractivity contribution is 0.294. The third-order valence-corrected chi connectivity index (χ3v) is 1.56. The van der Waals surface area contributed by atoms with Crippen LogP contribution in [0.15, 0.2) is 41.5 Å². The van der Waals surface area contributed by atoms with Crippen LogP contribution in [0.2, 0.25) is 0 Å². The van der Waals surface area contributed by atoms with Crippen molar-refractivity contribution in [2.24, 2.45) is 5.10 Å². The Labute approximate surface area is 83.8 Å². The first kappa shape index (κ1) is 10.5. The van der Waals surface area contributed by atoms with Gasteiger partial charge in [-0.15, -0.1) is 0 Å². The second-order valence-electron chi connectivity index (χ2n) is 2.68. The zero-order chi connectivity index (χ0) is 10.1. The monoisotopic (exact) mass is 190 g/mol. The number of allylic oxidation sites excluding steroid dienone is 1. The van der Waals surface area contributed by atoms with E-state index in [1.807, 2.05) is 42.5 Å². The van der Waals surface area contributed by atoms with Gasteiger partial charge in [0, 0.05) is 6.21 Å². The van der Waals surface area contributed by atoms with Crippen molar-refractivity contribution < 1.29 is 5.11 Å². The van der Waals surface area contributed by atoms with Crippen molar-refractivity contribution in [1.82, 2.24) is 5.43 Å². The summed E-state index contributed by atoms with van der Waals surface area (Å²) in [7, 11) is 0. The second kappa shape index (κ2) is 6.86. The Morgan fingerprint density at radius 1 is 1.29 bits per heavy atom. The Hall–Kier alpha value is -1.61. The molecule has 14 heavy (non-hydrogen) atoms. The van der Waals surface area contributed by atoms with Gasteiger partial charge < -0.3 is 10.5 Å². The van der Waals surface area contributed by atoms with Crippen LogP contribution in [0.25, 0.3) is 6.08 Å². The Morgan fingerprint density at radius 3 is 2.79 bits per heavy atom. The highest BCUT2D eigenvalue weighted by Crippen LogP contribution is 1.99. The van der Waals surface area contributed by atoms with Crippen LogP contribution in [0.1, 0.15) is 5.56 Å². The molecule has 0 radical (unpaired) electrons. The molecule has 1 aromatic rings. The number of nitrogens with one attached hydrogen (secondary N) is 1. The smallest absolute Gasteiger partial charge is 0.0620 e. The SMILES string of the molecule is OCCNN=CC=Cc1ccccc1. The minimum Gasteiger partial charge on any atom is -0.394 e. The summed E-state index contributed by atoms with van der Waals surface area (Å²) in [5.41, 5.74) is 3.83. The van der Waals surface area contributed by atoms with Crippen LogP contribution in [0.4, 0.5) is 0 Å². The molecule has 0 aromatic heterocycles. The second-order valence-corrected chi connectivity index (χ2v) is 2.68. The van der Waals surface area contributed by atoms with Gasteiger partial charge in [-0.05, 0) is 11.6 Å². The van der Waals surface area contributed by atoms with Gasteiger partial charge in [0.15, 0.2) is 0 Å². The van der Waals surface area contributed by atoms with Gasteiger partial charge in [0.05, 0.1) is 13.2 Å². The first-order chi connectivity index (χ1) is 6.93. The molecule has 0 aliphatic carbocycles. The van der Waals surface area contributed by atoms with E-state index < -0.39 is 0 Å². The molecular formula is C11H14N2O. The number of benzene rings is 1. The molecule has 0 unspecified atom stereocenters. The van der Waals surface area contributed by atoms with Crippen molar-refractivity contribution in [2.45, 2.75) is 0 Å². The van der Waals surface area contributed by atoms with E-state index in [0.717, 1.165) is 5.56 Å². The van der Waals surface area contributed by atoms with Gasteiger partial charge in [-0.3, -0.25) is 0 Å². The van der Waals surface area contributed by atoms with Crippen LogP contribution in [-0.2, 0) is 0 Å². The standard InChI is InChI=1S/C11H14N2O/c14-10-9-13-12-8-4-7-11-5-2-1-3-6-11/h1-8,13-14H,9-10H2. The maximum absolute atomic E-state index is 8.45. The zero-order valence-corrected chi connectivity index (χ0v) is 7.93. The quantitative estimate of drug-likeness (QED) is 0.417. The Bertz CT molecular complexity index is 293. The lowest BCUT2D eigenvalue weighted by atomic mass is 10.2. The van der Waals surface area contributed by atoms with E-state index in [0.29, 0.717) is 6.54 Å². The van der Waals surface area contributed by atoms with E-state index in [2.05, 4.69) is 10.5 Å². The van der Waals surface area contributed by atoms with Gasteiger partial charge in [-0.2, -0.15) is 5.10 Å². The highest BCUT2D eigenvalue weighted by Gasteiger charge is 1.79. The highest BCUT2D eigenvalue weighted by atomic mass is 16.3. The highest BCUT2D eigenvalue weighted by molar-refractivity contribution is 5.77. The molecule has 0 aliphatic rings. The van der Waals surface area contributed by atoms with Crippen LogP contribution in [0.3, 0.4) is 0 Å². The van der Waals surface area contributed by atoms with Gasteiger partial charge >= 0.3 is 0 Å². The summed E-state index contributed by atoms with van der Waals surface area (Å²) in [6.07, 6.45) is 5.46. The molecule has 0 aliphatic heterocycles. The van der Waals surface area contributed by atoms with Crippen LogP contribution in [-0.4, -0.2) is 24.5 Å². The van der Waals surface area contributed by atoms with Crippen LogP contribution >= 0.6 is 0 Å². The average molecular weight is 190 g/mol. The molecular weight excluding hydrogens is 176 g/mol. The van der Waals surface area contributed by atoms with Gasteiger partial charge in [0.1, 0.15) is 0 Å². The Balaban J connectivity index is 2.31. The number of hydrogen-bond acceptors (Lipinski definition) is 3. The topological polar surface area (TPSA) is 44.6 Å². The van der Waals surface area contributed by atoms with Crippen molar-refractivity contribution in [3.63, 3.8) is 0 Å². The lowest BCUT2D eigenvalue weighted by Crippen LogP contribution is -2.10. The number of hydrazone groups is 1. The molecule has 3 heteroatoms. The number of nitrogens with zero attached hydrogens (tertiary/aromatic N) is 1. The largest absolute Gasteiger partial charge is 0.394 e. The molecule has 74 valence electrons. The normalized spacial score (nSPS) is 11.2. The summed E-state index contributed by atoms with van der Waals surface area (Å²) in [5.74, 6) is 0. The maximum Gasteiger partial charge on any atom is 0.0620 e. The van der Waals surface area contributed by atoms with Crippen molar-refractivity contribution in [2.75, 3.05) is 13.2 Å².